The van der Waals surface area contributed by atoms with Gasteiger partial charge in [0.2, 0.25) is 0 Å². The van der Waals surface area contributed by atoms with E-state index in [0.717, 1.165) is 5.82 Å². The molecule has 37 heavy (non-hydrogen) atoms. The van der Waals surface area contributed by atoms with Gasteiger partial charge in [0.25, 0.3) is 0 Å². The number of pyridine rings is 1. The number of anilines is 4. The summed E-state index contributed by atoms with van der Waals surface area (Å²) >= 11 is 0. The molecule has 1 aliphatic heterocycles. The second-order valence-electron chi connectivity index (χ2n) is 11.8. The zero-order valence-electron chi connectivity index (χ0n) is 23.2. The molecule has 188 valence electrons. The number of benzene rings is 3. The molecule has 0 N–H and O–H groups in total. The van der Waals surface area contributed by atoms with Crippen molar-refractivity contribution >= 4 is 35.3 Å². The Bertz CT molecular complexity index is 1360. The van der Waals surface area contributed by atoms with E-state index < -0.39 is 0 Å². The Morgan fingerprint density at radius 1 is 0.676 bits per heavy atom. The molecule has 0 saturated heterocycles. The number of aromatic nitrogens is 1. The summed E-state index contributed by atoms with van der Waals surface area (Å²) in [7, 11) is 0. The third-order valence-electron chi connectivity index (χ3n) is 7.46. The van der Waals surface area contributed by atoms with Crippen molar-refractivity contribution in [3.05, 3.63) is 108 Å². The summed E-state index contributed by atoms with van der Waals surface area (Å²) in [6.45, 7) is 16.0. The number of nitrogens with zero attached hydrogens (tertiary/aromatic N) is 3. The van der Waals surface area contributed by atoms with Crippen LogP contribution in [-0.2, 0) is 5.41 Å². The molecule has 1 aliphatic rings. The fraction of sp³-hybridized carbons (Fsp3) is 0.303. The molecule has 0 fully saturated rings. The van der Waals surface area contributed by atoms with Crippen LogP contribution in [-0.4, -0.2) is 12.0 Å². The average Bonchev–Trinajstić information content (AvgIpc) is 3.23. The minimum Gasteiger partial charge on any atom is -0.360 e. The predicted octanol–water partition coefficient (Wildman–Crippen LogP) is 8.31. The van der Waals surface area contributed by atoms with Gasteiger partial charge in [-0.2, -0.15) is 0 Å². The van der Waals surface area contributed by atoms with E-state index in [0.29, 0.717) is 11.8 Å². The summed E-state index contributed by atoms with van der Waals surface area (Å²) in [5.74, 6) is 1.77. The summed E-state index contributed by atoms with van der Waals surface area (Å²) in [5, 5.41) is 0. The van der Waals surface area contributed by atoms with Crippen molar-refractivity contribution in [2.75, 3.05) is 9.62 Å². The number of hydrogen-bond donors (Lipinski definition) is 0. The normalized spacial score (nSPS) is 13.6. The minimum atomic E-state index is -0.0569. The quantitative estimate of drug-likeness (QED) is 0.264. The fourth-order valence-corrected chi connectivity index (χ4v) is 5.55. The smallest absolute Gasteiger partial charge is 0.360 e. The lowest BCUT2D eigenvalue weighted by Gasteiger charge is -2.34. The Morgan fingerprint density at radius 3 is 1.81 bits per heavy atom. The van der Waals surface area contributed by atoms with Crippen LogP contribution in [0, 0.1) is 0 Å². The van der Waals surface area contributed by atoms with Crippen LogP contribution in [0.4, 0.5) is 22.9 Å². The Hall–Kier alpha value is -3.53. The molecule has 0 amide bonds. The molecular weight excluding hydrogens is 449 g/mol. The number of rotatable bonds is 5. The standard InChI is InChI=1S/C33H38BN3/c1-23(2)27-16-13-17-28(24(3)4)32(27)34-36(26-14-9-8-10-15-26)29-18-11-12-19-30(29)37(34)31-22-25(20-21-35-31)33(5,6)7/h8-24H,1-7H3. The molecular formula is C33H38BN3. The molecule has 0 saturated carbocycles. The van der Waals surface area contributed by atoms with Gasteiger partial charge in [0.15, 0.2) is 0 Å². The number of fused-ring (bicyclic) bond motifs is 1. The molecule has 4 heteroatoms. The van der Waals surface area contributed by atoms with Gasteiger partial charge in [-0.15, -0.1) is 0 Å². The van der Waals surface area contributed by atoms with Crippen molar-refractivity contribution in [1.29, 1.82) is 0 Å². The molecule has 0 atom stereocenters. The lowest BCUT2D eigenvalue weighted by atomic mass is 9.58. The fourth-order valence-electron chi connectivity index (χ4n) is 5.55. The third kappa shape index (κ3) is 4.54. The maximum absolute atomic E-state index is 4.99. The lowest BCUT2D eigenvalue weighted by Crippen LogP contribution is -2.56. The zero-order chi connectivity index (χ0) is 26.3. The molecule has 2 heterocycles. The average molecular weight is 488 g/mol. The molecule has 0 bridgehead atoms. The van der Waals surface area contributed by atoms with Crippen LogP contribution in [0.5, 0.6) is 0 Å². The molecule has 3 nitrogen and oxygen atoms in total. The first-order chi connectivity index (χ1) is 17.7. The van der Waals surface area contributed by atoms with E-state index in [2.05, 4.69) is 143 Å². The monoisotopic (exact) mass is 487 g/mol. The second kappa shape index (κ2) is 9.74. The predicted molar refractivity (Wildman–Crippen MR) is 160 cm³/mol. The van der Waals surface area contributed by atoms with E-state index in [-0.39, 0.29) is 12.4 Å². The second-order valence-corrected chi connectivity index (χ2v) is 11.8. The Labute approximate surface area is 223 Å². The molecule has 5 rings (SSSR count). The first-order valence-electron chi connectivity index (χ1n) is 13.5. The Morgan fingerprint density at radius 2 is 1.24 bits per heavy atom. The molecule has 3 aromatic carbocycles. The van der Waals surface area contributed by atoms with Gasteiger partial charge < -0.3 is 9.62 Å². The van der Waals surface area contributed by atoms with Crippen molar-refractivity contribution in [2.45, 2.75) is 65.7 Å². The summed E-state index contributed by atoms with van der Waals surface area (Å²) in [4.78, 5) is 9.96. The van der Waals surface area contributed by atoms with Crippen molar-refractivity contribution in [3.63, 3.8) is 0 Å². The highest BCUT2D eigenvalue weighted by Crippen LogP contribution is 2.46. The molecule has 1 aromatic heterocycles. The molecule has 4 aromatic rings. The van der Waals surface area contributed by atoms with E-state index >= 15 is 0 Å². The molecule has 0 radical (unpaired) electrons. The van der Waals surface area contributed by atoms with E-state index in [9.17, 15) is 0 Å². The van der Waals surface area contributed by atoms with Gasteiger partial charge >= 0.3 is 6.98 Å². The van der Waals surface area contributed by atoms with Crippen molar-refractivity contribution < 1.29 is 0 Å². The SMILES string of the molecule is CC(C)c1cccc(C(C)C)c1B1N(c2ccccc2)c2ccccc2N1c1cc(C(C)(C)C)ccn1. The number of hydrogen-bond acceptors (Lipinski definition) is 3. The Kier molecular flexibility index (Phi) is 6.62. The lowest BCUT2D eigenvalue weighted by molar-refractivity contribution is 0.589. The number of para-hydroxylation sites is 3. The van der Waals surface area contributed by atoms with E-state index in [4.69, 9.17) is 4.98 Å². The van der Waals surface area contributed by atoms with Crippen LogP contribution in [0.2, 0.25) is 0 Å². The molecule has 0 spiro atoms. The van der Waals surface area contributed by atoms with Crippen LogP contribution in [0.25, 0.3) is 0 Å². The molecule has 0 aliphatic carbocycles. The van der Waals surface area contributed by atoms with E-state index in [1.807, 2.05) is 6.20 Å². The highest BCUT2D eigenvalue weighted by molar-refractivity contribution is 6.85. The van der Waals surface area contributed by atoms with E-state index in [1.54, 1.807) is 0 Å². The highest BCUT2D eigenvalue weighted by atomic mass is 15.3. The largest absolute Gasteiger partial charge is 0.422 e. The van der Waals surface area contributed by atoms with Crippen LogP contribution in [0.3, 0.4) is 0 Å². The maximum Gasteiger partial charge on any atom is 0.422 e. The summed E-state index contributed by atoms with van der Waals surface area (Å²) in [5.41, 5.74) is 9.05. The van der Waals surface area contributed by atoms with Gasteiger partial charge in [-0.3, -0.25) is 0 Å². The first-order valence-corrected chi connectivity index (χ1v) is 13.5. The highest BCUT2D eigenvalue weighted by Gasteiger charge is 2.46. The van der Waals surface area contributed by atoms with E-state index in [1.165, 1.54) is 39.2 Å². The van der Waals surface area contributed by atoms with Crippen LogP contribution in [0.15, 0.2) is 91.1 Å². The third-order valence-corrected chi connectivity index (χ3v) is 7.46. The van der Waals surface area contributed by atoms with Gasteiger partial charge in [0.05, 0.1) is 11.4 Å². The first kappa shape index (κ1) is 25.1. The minimum absolute atomic E-state index is 0.0322. The Balaban J connectivity index is 1.85. The van der Waals surface area contributed by atoms with Gasteiger partial charge in [-0.25, -0.2) is 4.98 Å². The van der Waals surface area contributed by atoms with Gasteiger partial charge in [-0.1, -0.05) is 97.0 Å². The van der Waals surface area contributed by atoms with Crippen molar-refractivity contribution in [1.82, 2.24) is 4.98 Å². The maximum atomic E-state index is 4.99. The molecule has 0 unspecified atom stereocenters. The van der Waals surface area contributed by atoms with Gasteiger partial charge in [0.1, 0.15) is 5.82 Å². The summed E-state index contributed by atoms with van der Waals surface area (Å²) in [6, 6.07) is 30.9. The van der Waals surface area contributed by atoms with Gasteiger partial charge in [-0.05, 0) is 75.8 Å². The van der Waals surface area contributed by atoms with Crippen LogP contribution >= 0.6 is 0 Å². The summed E-state index contributed by atoms with van der Waals surface area (Å²) < 4.78 is 0. The van der Waals surface area contributed by atoms with Gasteiger partial charge in [0, 0.05) is 11.9 Å². The zero-order valence-corrected chi connectivity index (χ0v) is 23.2. The van der Waals surface area contributed by atoms with Crippen LogP contribution < -0.4 is 15.1 Å². The summed E-state index contributed by atoms with van der Waals surface area (Å²) in [6.07, 6.45) is 1.97. The topological polar surface area (TPSA) is 19.4 Å². The van der Waals surface area contributed by atoms with Crippen LogP contribution in [0.1, 0.15) is 77.0 Å². The van der Waals surface area contributed by atoms with Crippen molar-refractivity contribution in [3.8, 4) is 0 Å². The van der Waals surface area contributed by atoms with Crippen molar-refractivity contribution in [2.24, 2.45) is 0 Å².